The molecule has 2 fully saturated rings. The Morgan fingerprint density at radius 2 is 0.539 bits per heavy atom. The summed E-state index contributed by atoms with van der Waals surface area (Å²) >= 11 is 0. The van der Waals surface area contributed by atoms with Gasteiger partial charge in [-0.05, 0) is 227 Å². The quantitative estimate of drug-likeness (QED) is 0.140. The van der Waals surface area contributed by atoms with Crippen molar-refractivity contribution < 1.29 is 31.1 Å². The third-order valence-electron chi connectivity index (χ3n) is 16.0. The number of hydrogen-bond acceptors (Lipinski definition) is 1. The van der Waals surface area contributed by atoms with E-state index in [9.17, 15) is 26.3 Å². The maximum Gasteiger partial charge on any atom is 0.111 e. The van der Waals surface area contributed by atoms with Gasteiger partial charge in [0.05, 0.1) is 13.2 Å². The topological polar surface area (TPSA) is 9.23 Å². The SMILES string of the molecule is CC(C)(C)CC(C)(C)C.CC(C)(C)CC(C)(C)F.CC(C)(C)CC1(C)COC1.CC(C)(C)CC1(F)CC1.CC(C)CC(C)(C)C.CCC(C)(F)CC(C)(C)C.CCC(C)(F)CC(C)(C)C.CCC(C)(F)CC(C)(C)C.CCC(C)CC(C)(C)C.CCC(C)CC(C)(C)C.CCC(F)CC(C)(C)C. The fourth-order valence-electron chi connectivity index (χ4n) is 14.1. The normalized spacial score (nSPS) is 17.6. The number of hydrogen-bond donors (Lipinski definition) is 0. The van der Waals surface area contributed by atoms with Gasteiger partial charge in [0.15, 0.2) is 0 Å². The van der Waals surface area contributed by atoms with Gasteiger partial charge in [-0.1, -0.05) is 338 Å². The van der Waals surface area contributed by atoms with Crippen LogP contribution in [0.25, 0.3) is 0 Å². The van der Waals surface area contributed by atoms with Crippen LogP contribution >= 0.6 is 0 Å². The van der Waals surface area contributed by atoms with Crippen LogP contribution in [0.5, 0.6) is 0 Å². The van der Waals surface area contributed by atoms with E-state index in [1.54, 1.807) is 34.6 Å². The minimum Gasteiger partial charge on any atom is -0.380 e. The lowest BCUT2D eigenvalue weighted by Gasteiger charge is -2.42. The first-order valence-electron chi connectivity index (χ1n) is 41.5. The molecule has 6 atom stereocenters. The Balaban J connectivity index is -0.000000133. The number of ether oxygens (including phenoxy) is 1. The highest BCUT2D eigenvalue weighted by molar-refractivity contribution is 4.96. The second kappa shape index (κ2) is 49.7. The molecule has 0 spiro atoms. The minimum absolute atomic E-state index is 0.109. The average molecular weight is 1470 g/mol. The van der Waals surface area contributed by atoms with Crippen molar-refractivity contribution >= 4 is 0 Å². The van der Waals surface area contributed by atoms with Crippen molar-refractivity contribution in [1.82, 2.24) is 0 Å². The van der Waals surface area contributed by atoms with E-state index in [0.29, 0.717) is 95.7 Å². The molecule has 2 aliphatic rings. The van der Waals surface area contributed by atoms with Gasteiger partial charge >= 0.3 is 0 Å². The average Bonchev–Trinajstić information content (AvgIpc) is 1.56. The molecule has 0 aromatic carbocycles. The largest absolute Gasteiger partial charge is 0.380 e. The molecule has 2 rings (SSSR count). The molecule has 0 bridgehead atoms. The van der Waals surface area contributed by atoms with Crippen LogP contribution in [0, 0.1) is 88.1 Å². The van der Waals surface area contributed by atoms with Crippen LogP contribution in [-0.4, -0.2) is 47.7 Å². The summed E-state index contributed by atoms with van der Waals surface area (Å²) in [6.45, 7) is 112. The third kappa shape index (κ3) is 121. The summed E-state index contributed by atoms with van der Waals surface area (Å²) in [6.07, 6.45) is 16.7. The summed E-state index contributed by atoms with van der Waals surface area (Å²) in [4.78, 5) is 0. The first-order chi connectivity index (χ1) is 43.8. The molecule has 6 unspecified atom stereocenters. The smallest absolute Gasteiger partial charge is 0.111 e. The standard InChI is InChI=1S/3C9H19F.C9H18O.3C9H20.C8H15F.2C8H17F.C8H18/c3*1-6-9(5,10)7-8(2,3)4;1-8(2,3)5-9(4)6-10-7-9;1-8(2,3)7-9(4,5)6;2*1-6-8(2)7-9(3,4)5;1-7(2,3)6-8(9)4-5-8;1-7(2,3)6-8(4,5)9;1-5-7(9)6-8(2,3)4;1-7(2)6-8(3,4)5/h3*6-7H2,1-5H3;5-7H2,1-4H3;7H2,1-6H3;2*8H,6-7H2,1-5H3;4-6H2,1-3H3;6H2,1-5H3;7H,5-6H2,1-4H3;7H,6H2,1-5H3. The summed E-state index contributed by atoms with van der Waals surface area (Å²) in [5.41, 5.74) is -0.463. The predicted molar refractivity (Wildman–Crippen MR) is 460 cm³/mol. The van der Waals surface area contributed by atoms with Crippen LogP contribution in [-0.2, 0) is 4.74 Å². The van der Waals surface area contributed by atoms with E-state index in [4.69, 9.17) is 4.74 Å². The molecule has 1 saturated heterocycles. The minimum atomic E-state index is -1.02. The molecule has 1 saturated carbocycles. The van der Waals surface area contributed by atoms with Crippen molar-refractivity contribution in [2.45, 2.75) is 517 Å². The fraction of sp³-hybridized carbons (Fsp3) is 1.00. The second-order valence-corrected chi connectivity index (χ2v) is 49.2. The molecule has 0 aromatic heterocycles. The van der Waals surface area contributed by atoms with Crippen molar-refractivity contribution in [1.29, 1.82) is 0 Å². The summed E-state index contributed by atoms with van der Waals surface area (Å²) in [7, 11) is 0. The molecular formula is C95H202F6O. The Kier molecular flexibility index (Phi) is 58.4. The van der Waals surface area contributed by atoms with E-state index in [0.717, 1.165) is 50.2 Å². The first-order valence-corrected chi connectivity index (χ1v) is 41.5. The highest BCUT2D eigenvalue weighted by Crippen LogP contribution is 2.48. The van der Waals surface area contributed by atoms with E-state index in [1.165, 1.54) is 44.9 Å². The van der Waals surface area contributed by atoms with Crippen LogP contribution in [0.3, 0.4) is 0 Å². The molecular weight excluding hydrogens is 1270 g/mol. The van der Waals surface area contributed by atoms with Crippen molar-refractivity contribution in [2.75, 3.05) is 13.2 Å². The lowest BCUT2D eigenvalue weighted by Crippen LogP contribution is -2.42. The highest BCUT2D eigenvalue weighted by Gasteiger charge is 2.45. The van der Waals surface area contributed by atoms with Gasteiger partial charge in [0.2, 0.25) is 0 Å². The zero-order chi connectivity index (χ0) is 84.9. The van der Waals surface area contributed by atoms with E-state index in [-0.39, 0.29) is 32.5 Å². The lowest BCUT2D eigenvalue weighted by molar-refractivity contribution is -0.119. The first kappa shape index (κ1) is 120. The monoisotopic (exact) mass is 1470 g/mol. The Morgan fingerprint density at radius 3 is 0.588 bits per heavy atom. The van der Waals surface area contributed by atoms with Crippen molar-refractivity contribution in [2.24, 2.45) is 88.1 Å². The molecule has 102 heavy (non-hydrogen) atoms. The Bertz CT molecular complexity index is 1680. The molecule has 1 aliphatic carbocycles. The Labute approximate surface area is 645 Å². The molecule has 0 amide bonds. The molecule has 630 valence electrons. The molecule has 7 heteroatoms. The van der Waals surface area contributed by atoms with Gasteiger partial charge < -0.3 is 4.74 Å². The van der Waals surface area contributed by atoms with E-state index < -0.39 is 34.5 Å². The second-order valence-electron chi connectivity index (χ2n) is 49.2. The Hall–Kier alpha value is -0.460. The van der Waals surface area contributed by atoms with Crippen LogP contribution in [0.15, 0.2) is 0 Å². The van der Waals surface area contributed by atoms with Gasteiger partial charge in [0.1, 0.15) is 34.5 Å². The molecule has 0 N–H and O–H groups in total. The van der Waals surface area contributed by atoms with Crippen LogP contribution in [0.2, 0.25) is 0 Å². The summed E-state index contributed by atoms with van der Waals surface area (Å²) < 4.78 is 83.6. The van der Waals surface area contributed by atoms with Gasteiger partial charge in [-0.15, -0.1) is 0 Å². The van der Waals surface area contributed by atoms with Crippen molar-refractivity contribution in [3.05, 3.63) is 0 Å². The van der Waals surface area contributed by atoms with Crippen LogP contribution in [0.1, 0.15) is 482 Å². The van der Waals surface area contributed by atoms with E-state index in [2.05, 4.69) is 277 Å². The van der Waals surface area contributed by atoms with Gasteiger partial charge in [0, 0.05) is 5.41 Å². The molecule has 0 aromatic rings. The number of alkyl halides is 6. The van der Waals surface area contributed by atoms with Gasteiger partial charge in [-0.2, -0.15) is 0 Å². The fourth-order valence-corrected chi connectivity index (χ4v) is 14.1. The Morgan fingerprint density at radius 1 is 0.304 bits per heavy atom. The molecule has 0 radical (unpaired) electrons. The van der Waals surface area contributed by atoms with Gasteiger partial charge in [0.25, 0.3) is 0 Å². The highest BCUT2D eigenvalue weighted by atomic mass is 19.2. The zero-order valence-corrected chi connectivity index (χ0v) is 80.8. The molecule has 1 nitrogen and oxygen atoms in total. The lowest BCUT2D eigenvalue weighted by atomic mass is 9.74. The maximum absolute atomic E-state index is 13.3. The van der Waals surface area contributed by atoms with E-state index >= 15 is 0 Å². The summed E-state index contributed by atoms with van der Waals surface area (Å²) in [5, 5.41) is 0. The van der Waals surface area contributed by atoms with Gasteiger partial charge in [-0.25, -0.2) is 26.3 Å². The van der Waals surface area contributed by atoms with Crippen LogP contribution in [0.4, 0.5) is 26.3 Å². The summed E-state index contributed by atoms with van der Waals surface area (Å²) in [5.74, 6) is 2.63. The van der Waals surface area contributed by atoms with Crippen molar-refractivity contribution in [3.63, 3.8) is 0 Å². The molecule has 1 heterocycles. The van der Waals surface area contributed by atoms with Crippen LogP contribution < -0.4 is 0 Å². The van der Waals surface area contributed by atoms with Crippen molar-refractivity contribution in [3.8, 4) is 0 Å². The number of rotatable bonds is 16. The maximum atomic E-state index is 13.3. The molecule has 1 aliphatic heterocycles. The van der Waals surface area contributed by atoms with E-state index in [1.807, 2.05) is 48.5 Å². The zero-order valence-electron chi connectivity index (χ0n) is 80.8. The summed E-state index contributed by atoms with van der Waals surface area (Å²) in [6, 6.07) is 0. The van der Waals surface area contributed by atoms with Gasteiger partial charge in [-0.3, -0.25) is 0 Å². The predicted octanol–water partition coefficient (Wildman–Crippen LogP) is 35.9. The third-order valence-corrected chi connectivity index (χ3v) is 16.0. The number of halogens is 6.